The molecule has 28 heavy (non-hydrogen) atoms. The zero-order chi connectivity index (χ0) is 19.7. The van der Waals surface area contributed by atoms with Crippen LogP contribution in [0.4, 0.5) is 0 Å². The second-order valence-electron chi connectivity index (χ2n) is 6.54. The Morgan fingerprint density at radius 2 is 1.71 bits per heavy atom. The van der Waals surface area contributed by atoms with Gasteiger partial charge in [0.05, 0.1) is 5.75 Å². The first kappa shape index (κ1) is 18.0. The number of hydrogen-bond donors (Lipinski definition) is 0. The minimum absolute atomic E-state index is 0.121. The summed E-state index contributed by atoms with van der Waals surface area (Å²) in [7, 11) is -3.86. The van der Waals surface area contributed by atoms with Gasteiger partial charge in [0.2, 0.25) is 15.7 Å². The quantitative estimate of drug-likeness (QED) is 0.508. The minimum atomic E-state index is -3.86. The van der Waals surface area contributed by atoms with Crippen LogP contribution in [0.25, 0.3) is 22.2 Å². The van der Waals surface area contributed by atoms with Crippen molar-refractivity contribution in [1.29, 1.82) is 5.26 Å². The summed E-state index contributed by atoms with van der Waals surface area (Å²) in [6.07, 6.45) is 0. The van der Waals surface area contributed by atoms with Crippen LogP contribution in [0.5, 0.6) is 0 Å². The maximum absolute atomic E-state index is 12.9. The van der Waals surface area contributed by atoms with Crippen LogP contribution in [-0.2, 0) is 15.6 Å². The number of rotatable bonds is 4. The predicted octanol–water partition coefficient (Wildman–Crippen LogP) is 4.65. The molecule has 0 atom stereocenters. The van der Waals surface area contributed by atoms with E-state index in [0.29, 0.717) is 11.1 Å². The molecule has 0 N–H and O–H groups in total. The third-order valence-corrected chi connectivity index (χ3v) is 6.04. The highest BCUT2D eigenvalue weighted by molar-refractivity contribution is 7.90. The number of nitrogens with zero attached hydrogens (tertiary/aromatic N) is 2. The summed E-state index contributed by atoms with van der Waals surface area (Å²) in [5.74, 6) is -0.137. The molecule has 5 nitrogen and oxygen atoms in total. The monoisotopic (exact) mass is 388 g/mol. The number of fused-ring (bicyclic) bond motifs is 1. The molecule has 6 heteroatoms. The third-order valence-electron chi connectivity index (χ3n) is 4.48. The smallest absolute Gasteiger partial charge is 0.257 e. The number of aromatic nitrogens is 1. The first-order chi connectivity index (χ1) is 13.5. The van der Waals surface area contributed by atoms with Gasteiger partial charge >= 0.3 is 0 Å². The average molecular weight is 388 g/mol. The van der Waals surface area contributed by atoms with Crippen molar-refractivity contribution in [2.24, 2.45) is 0 Å². The molecule has 0 aliphatic heterocycles. The summed E-state index contributed by atoms with van der Waals surface area (Å²) in [6.45, 7) is 1.93. The topological polar surface area (TPSA) is 84.0 Å². The largest absolute Gasteiger partial charge is 0.423 e. The number of hydrogen-bond acceptors (Lipinski definition) is 5. The number of oxazole rings is 1. The van der Waals surface area contributed by atoms with E-state index in [0.717, 1.165) is 16.3 Å². The Hall–Kier alpha value is -3.43. The van der Waals surface area contributed by atoms with Crippen LogP contribution in [0.2, 0.25) is 0 Å². The van der Waals surface area contributed by atoms with Crippen molar-refractivity contribution >= 4 is 20.6 Å². The number of nitriles is 1. The Labute approximate surface area is 162 Å². The van der Waals surface area contributed by atoms with Gasteiger partial charge in [-0.3, -0.25) is 0 Å². The molecule has 0 radical (unpaired) electrons. The highest BCUT2D eigenvalue weighted by atomic mass is 32.2. The van der Waals surface area contributed by atoms with Gasteiger partial charge in [-0.2, -0.15) is 10.2 Å². The molecule has 4 rings (SSSR count). The Balaban J connectivity index is 1.80. The van der Waals surface area contributed by atoms with Crippen molar-refractivity contribution in [2.75, 3.05) is 0 Å². The van der Waals surface area contributed by atoms with E-state index in [1.807, 2.05) is 61.5 Å². The van der Waals surface area contributed by atoms with Crippen LogP contribution < -0.4 is 0 Å². The number of aryl methyl sites for hydroxylation is 1. The molecule has 3 aromatic carbocycles. The van der Waals surface area contributed by atoms with E-state index in [9.17, 15) is 13.7 Å². The standard InChI is InChI=1S/C22H16N2O3S/c1-15-9-11-16(12-10-15)14-28(25,26)22-20(13-23)24-21(27-22)19-8-4-6-17-5-2-3-7-18(17)19/h2-12H,14H2,1H3. The van der Waals surface area contributed by atoms with Gasteiger partial charge in [-0.05, 0) is 29.3 Å². The van der Waals surface area contributed by atoms with E-state index in [2.05, 4.69) is 4.98 Å². The molecule has 1 aromatic heterocycles. The fourth-order valence-corrected chi connectivity index (χ4v) is 4.44. The molecule has 0 amide bonds. The summed E-state index contributed by atoms with van der Waals surface area (Å²) in [5.41, 5.74) is 2.08. The highest BCUT2D eigenvalue weighted by Gasteiger charge is 2.27. The van der Waals surface area contributed by atoms with Crippen LogP contribution in [0.15, 0.2) is 76.2 Å². The van der Waals surface area contributed by atoms with Crippen LogP contribution in [-0.4, -0.2) is 13.4 Å². The van der Waals surface area contributed by atoms with Gasteiger partial charge in [0.15, 0.2) is 5.69 Å². The lowest BCUT2D eigenvalue weighted by molar-refractivity contribution is 0.457. The van der Waals surface area contributed by atoms with Gasteiger partial charge in [0, 0.05) is 5.56 Å². The van der Waals surface area contributed by atoms with E-state index in [1.54, 1.807) is 18.2 Å². The molecule has 0 aliphatic rings. The summed E-state index contributed by atoms with van der Waals surface area (Å²) < 4.78 is 31.4. The summed E-state index contributed by atoms with van der Waals surface area (Å²) >= 11 is 0. The molecule has 1 heterocycles. The van der Waals surface area contributed by atoms with Crippen molar-refractivity contribution in [3.8, 4) is 17.5 Å². The van der Waals surface area contributed by atoms with Gasteiger partial charge in [0.1, 0.15) is 6.07 Å². The first-order valence-electron chi connectivity index (χ1n) is 8.65. The third kappa shape index (κ3) is 3.28. The van der Waals surface area contributed by atoms with Crippen LogP contribution in [0.1, 0.15) is 16.8 Å². The molecular weight excluding hydrogens is 372 g/mol. The van der Waals surface area contributed by atoms with E-state index in [4.69, 9.17) is 4.42 Å². The molecule has 0 fully saturated rings. The van der Waals surface area contributed by atoms with Gasteiger partial charge in [-0.1, -0.05) is 66.2 Å². The Kier molecular flexibility index (Phi) is 4.46. The molecule has 0 spiro atoms. The summed E-state index contributed by atoms with van der Waals surface area (Å²) in [6, 6.07) is 22.3. The van der Waals surface area contributed by atoms with Gasteiger partial charge < -0.3 is 4.42 Å². The van der Waals surface area contributed by atoms with Crippen molar-refractivity contribution in [3.05, 3.63) is 83.6 Å². The normalized spacial score (nSPS) is 11.4. The van der Waals surface area contributed by atoms with E-state index < -0.39 is 14.9 Å². The van der Waals surface area contributed by atoms with Crippen molar-refractivity contribution in [3.63, 3.8) is 0 Å². The van der Waals surface area contributed by atoms with Crippen LogP contribution >= 0.6 is 0 Å². The molecule has 0 saturated carbocycles. The molecule has 138 valence electrons. The van der Waals surface area contributed by atoms with Gasteiger partial charge in [0.25, 0.3) is 5.09 Å². The van der Waals surface area contributed by atoms with Crippen molar-refractivity contribution < 1.29 is 12.8 Å². The molecule has 0 bridgehead atoms. The average Bonchev–Trinajstić information content (AvgIpc) is 3.14. The van der Waals surface area contributed by atoms with E-state index in [1.165, 1.54) is 0 Å². The zero-order valence-electron chi connectivity index (χ0n) is 15.1. The lowest BCUT2D eigenvalue weighted by Crippen LogP contribution is -2.05. The fraction of sp³-hybridized carbons (Fsp3) is 0.0909. The fourth-order valence-electron chi connectivity index (χ4n) is 3.08. The Morgan fingerprint density at radius 3 is 2.46 bits per heavy atom. The van der Waals surface area contributed by atoms with Crippen molar-refractivity contribution in [1.82, 2.24) is 4.98 Å². The molecule has 4 aromatic rings. The molecule has 0 saturated heterocycles. The zero-order valence-corrected chi connectivity index (χ0v) is 15.9. The lowest BCUT2D eigenvalue weighted by Gasteiger charge is -2.03. The van der Waals surface area contributed by atoms with Crippen molar-refractivity contribution in [2.45, 2.75) is 17.8 Å². The summed E-state index contributed by atoms with van der Waals surface area (Å²) in [5, 5.41) is 10.9. The van der Waals surface area contributed by atoms with Gasteiger partial charge in [-0.25, -0.2) is 8.42 Å². The summed E-state index contributed by atoms with van der Waals surface area (Å²) in [4.78, 5) is 4.16. The molecule has 0 unspecified atom stereocenters. The second-order valence-corrected chi connectivity index (χ2v) is 8.43. The van der Waals surface area contributed by atoms with E-state index in [-0.39, 0.29) is 17.3 Å². The second kappa shape index (κ2) is 6.95. The SMILES string of the molecule is Cc1ccc(CS(=O)(=O)c2oc(-c3cccc4ccccc34)nc2C#N)cc1. The first-order valence-corrected chi connectivity index (χ1v) is 10.3. The molecule has 0 aliphatic carbocycles. The number of benzene rings is 3. The minimum Gasteiger partial charge on any atom is -0.423 e. The van der Waals surface area contributed by atoms with Crippen LogP contribution in [0.3, 0.4) is 0 Å². The van der Waals surface area contributed by atoms with E-state index >= 15 is 0 Å². The number of sulfone groups is 1. The maximum atomic E-state index is 12.9. The Bertz CT molecular complexity index is 1310. The highest BCUT2D eigenvalue weighted by Crippen LogP contribution is 2.31. The predicted molar refractivity (Wildman–Crippen MR) is 106 cm³/mol. The molecular formula is C22H16N2O3S. The maximum Gasteiger partial charge on any atom is 0.257 e. The Morgan fingerprint density at radius 1 is 1.00 bits per heavy atom. The lowest BCUT2D eigenvalue weighted by atomic mass is 10.0. The van der Waals surface area contributed by atoms with Crippen LogP contribution in [0, 0.1) is 18.3 Å². The van der Waals surface area contributed by atoms with Gasteiger partial charge in [-0.15, -0.1) is 0 Å².